The van der Waals surface area contributed by atoms with E-state index in [1.165, 1.54) is 55.5 Å². The minimum absolute atomic E-state index is 0.181. The Bertz CT molecular complexity index is 400. The van der Waals surface area contributed by atoms with Crippen LogP contribution in [0.5, 0.6) is 0 Å². The molecule has 1 heterocycles. The van der Waals surface area contributed by atoms with Gasteiger partial charge < -0.3 is 0 Å². The first-order valence-corrected chi connectivity index (χ1v) is 17.0. The molecule has 0 saturated carbocycles. The normalized spacial score (nSPS) is 11.9. The minimum atomic E-state index is -2.40. The Balaban J connectivity index is 3.03. The summed E-state index contributed by atoms with van der Waals surface area (Å²) in [7, 11) is 2.02. The summed E-state index contributed by atoms with van der Waals surface area (Å²) in [6.45, 7) is 7.76. The van der Waals surface area contributed by atoms with Crippen molar-refractivity contribution in [1.82, 2.24) is 10.2 Å². The molecular weight excluding hydrogens is 393 g/mol. The second kappa shape index (κ2) is 11.3. The first-order valence-electron chi connectivity index (χ1n) is 9.51. The Hall–Kier alpha value is -0.231. The van der Waals surface area contributed by atoms with Crippen LogP contribution < -0.4 is 8.61 Å². The molecule has 134 valence electrons. The van der Waals surface area contributed by atoms with E-state index in [4.69, 9.17) is 10.2 Å². The summed E-state index contributed by atoms with van der Waals surface area (Å²) in [5.41, 5.74) is 0. The van der Waals surface area contributed by atoms with E-state index in [1.54, 1.807) is 0 Å². The number of nitrogens with zero attached hydrogens (tertiary/aromatic N) is 2. The van der Waals surface area contributed by atoms with Gasteiger partial charge in [-0.3, -0.25) is 0 Å². The van der Waals surface area contributed by atoms with E-state index < -0.39 is 18.4 Å². The summed E-state index contributed by atoms with van der Waals surface area (Å²) in [4.78, 5) is 2.08. The van der Waals surface area contributed by atoms with E-state index in [9.17, 15) is 0 Å². The van der Waals surface area contributed by atoms with E-state index in [-0.39, 0.29) is 6.61 Å². The topological polar surface area (TPSA) is 52.1 Å². The van der Waals surface area contributed by atoms with Crippen LogP contribution in [0.25, 0.3) is 0 Å². The number of nitrogens with one attached hydrogen (secondary N) is 1. The predicted octanol–water partition coefficient (Wildman–Crippen LogP) is 3.89. The van der Waals surface area contributed by atoms with Gasteiger partial charge in [-0.05, 0) is 0 Å². The van der Waals surface area contributed by atoms with Gasteiger partial charge in [0.15, 0.2) is 0 Å². The summed E-state index contributed by atoms with van der Waals surface area (Å²) in [5.74, 6) is 1.07. The summed E-state index contributed by atoms with van der Waals surface area (Å²) >= 11 is -2.40. The standard InChI is InChI=1S/C6H10N3O.3C4H9.Sn/c1-9(4-5-10)6-2-3-7-8-6;3*1-3-4-2;/h2,10H,4-5H2,1H3,(H,7,8);3*1,3-4H2,2H3;. The summed E-state index contributed by atoms with van der Waals surface area (Å²) in [6, 6.07) is 2.31. The number of unbranched alkanes of at least 4 members (excludes halogenated alkanes) is 3. The van der Waals surface area contributed by atoms with E-state index in [1.807, 2.05) is 7.05 Å². The zero-order valence-electron chi connectivity index (χ0n) is 15.7. The van der Waals surface area contributed by atoms with Gasteiger partial charge >= 0.3 is 147 Å². The van der Waals surface area contributed by atoms with Gasteiger partial charge in [-0.2, -0.15) is 0 Å². The van der Waals surface area contributed by atoms with Crippen LogP contribution in [0.15, 0.2) is 6.07 Å². The average molecular weight is 430 g/mol. The van der Waals surface area contributed by atoms with E-state index in [2.05, 4.69) is 36.8 Å². The molecule has 1 rings (SSSR count). The molecule has 0 aliphatic carbocycles. The van der Waals surface area contributed by atoms with E-state index in [0.29, 0.717) is 6.54 Å². The van der Waals surface area contributed by atoms with Crippen molar-refractivity contribution in [3.8, 4) is 0 Å². The van der Waals surface area contributed by atoms with Crippen molar-refractivity contribution in [2.75, 3.05) is 25.1 Å². The molecule has 0 spiro atoms. The Labute approximate surface area is 146 Å². The van der Waals surface area contributed by atoms with Crippen molar-refractivity contribution < 1.29 is 5.11 Å². The molecular formula is C18H37N3OSn. The Morgan fingerprint density at radius 2 is 1.57 bits per heavy atom. The molecule has 0 aliphatic heterocycles. The number of aromatic nitrogens is 2. The number of hydrogen-bond acceptors (Lipinski definition) is 3. The van der Waals surface area contributed by atoms with E-state index >= 15 is 0 Å². The third kappa shape index (κ3) is 6.29. The van der Waals surface area contributed by atoms with Gasteiger partial charge in [-0.1, -0.05) is 0 Å². The summed E-state index contributed by atoms with van der Waals surface area (Å²) < 4.78 is 5.77. The maximum atomic E-state index is 9.15. The molecule has 0 amide bonds. The first kappa shape index (κ1) is 20.8. The van der Waals surface area contributed by atoms with Crippen LogP contribution in [0, 0.1) is 0 Å². The van der Waals surface area contributed by atoms with Crippen molar-refractivity contribution in [2.24, 2.45) is 0 Å². The van der Waals surface area contributed by atoms with E-state index in [0.717, 1.165) is 5.82 Å². The molecule has 0 bridgehead atoms. The zero-order chi connectivity index (χ0) is 17.1. The van der Waals surface area contributed by atoms with Gasteiger partial charge in [0, 0.05) is 0 Å². The number of rotatable bonds is 13. The summed E-state index contributed by atoms with van der Waals surface area (Å²) in [6.07, 6.45) is 7.95. The number of aliphatic hydroxyl groups excluding tert-OH is 1. The first-order chi connectivity index (χ1) is 11.1. The average Bonchev–Trinajstić information content (AvgIpc) is 3.05. The molecule has 0 aliphatic rings. The van der Waals surface area contributed by atoms with Gasteiger partial charge in [-0.15, -0.1) is 0 Å². The molecule has 0 radical (unpaired) electrons. The van der Waals surface area contributed by atoms with Crippen molar-refractivity contribution in [3.05, 3.63) is 6.07 Å². The molecule has 4 nitrogen and oxygen atoms in total. The van der Waals surface area contributed by atoms with Crippen molar-refractivity contribution in [2.45, 2.75) is 72.6 Å². The Morgan fingerprint density at radius 1 is 1.04 bits per heavy atom. The van der Waals surface area contributed by atoms with Crippen LogP contribution in [-0.2, 0) is 0 Å². The van der Waals surface area contributed by atoms with Crippen LogP contribution in [0.3, 0.4) is 0 Å². The van der Waals surface area contributed by atoms with Crippen LogP contribution >= 0.6 is 0 Å². The molecule has 5 heteroatoms. The number of H-pyrrole nitrogens is 1. The van der Waals surface area contributed by atoms with Crippen LogP contribution in [0.1, 0.15) is 59.3 Å². The van der Waals surface area contributed by atoms with Crippen LogP contribution in [-0.4, -0.2) is 53.9 Å². The molecule has 0 fully saturated rings. The van der Waals surface area contributed by atoms with Gasteiger partial charge in [0.05, 0.1) is 0 Å². The maximum absolute atomic E-state index is 9.15. The quantitative estimate of drug-likeness (QED) is 0.467. The second-order valence-corrected chi connectivity index (χ2v) is 19.9. The molecule has 0 saturated heterocycles. The zero-order valence-corrected chi connectivity index (χ0v) is 18.6. The van der Waals surface area contributed by atoms with Crippen molar-refractivity contribution in [1.29, 1.82) is 0 Å². The number of hydrogen-bond donors (Lipinski definition) is 2. The SMILES string of the molecule is CCC[CH2][Sn]([CH2]CCC)([CH2]CCC)[c]1cc(N(C)CCO)[nH]n1. The van der Waals surface area contributed by atoms with Crippen molar-refractivity contribution in [3.63, 3.8) is 0 Å². The molecule has 1 aromatic rings. The third-order valence-electron chi connectivity index (χ3n) is 4.98. The number of anilines is 1. The van der Waals surface area contributed by atoms with Crippen molar-refractivity contribution >= 4 is 27.9 Å². The molecule has 0 aromatic carbocycles. The Kier molecular flexibility index (Phi) is 10.3. The van der Waals surface area contributed by atoms with Crippen LogP contribution in [0.2, 0.25) is 13.3 Å². The molecule has 23 heavy (non-hydrogen) atoms. The molecule has 0 unspecified atom stereocenters. The Morgan fingerprint density at radius 3 is 2.00 bits per heavy atom. The van der Waals surface area contributed by atoms with Gasteiger partial charge in [-0.25, -0.2) is 0 Å². The second-order valence-electron chi connectivity index (χ2n) is 6.87. The van der Waals surface area contributed by atoms with Gasteiger partial charge in [0.25, 0.3) is 0 Å². The molecule has 1 aromatic heterocycles. The van der Waals surface area contributed by atoms with Gasteiger partial charge in [0.1, 0.15) is 0 Å². The fourth-order valence-electron chi connectivity index (χ4n) is 3.35. The fraction of sp³-hybridized carbons (Fsp3) is 0.833. The number of aromatic amines is 1. The fourth-order valence-corrected chi connectivity index (χ4v) is 18.6. The monoisotopic (exact) mass is 431 g/mol. The molecule has 2 N–H and O–H groups in total. The van der Waals surface area contributed by atoms with Gasteiger partial charge in [0.2, 0.25) is 0 Å². The summed E-state index contributed by atoms with van der Waals surface area (Å²) in [5, 5.41) is 17.2. The third-order valence-corrected chi connectivity index (χ3v) is 20.0. The number of aliphatic hydroxyl groups is 1. The number of likely N-dealkylation sites (N-methyl/N-ethyl adjacent to an activating group) is 1. The predicted molar refractivity (Wildman–Crippen MR) is 103 cm³/mol. The van der Waals surface area contributed by atoms with Crippen LogP contribution in [0.4, 0.5) is 5.82 Å². The molecule has 0 atom stereocenters.